The minimum atomic E-state index is 0.491. The maximum Gasteiger partial charge on any atom is 0.120 e. The van der Waals surface area contributed by atoms with Gasteiger partial charge in [-0.15, -0.1) is 0 Å². The first-order valence-corrected chi connectivity index (χ1v) is 5.85. The molecule has 3 heteroatoms. The van der Waals surface area contributed by atoms with Crippen LogP contribution in [-0.4, -0.2) is 18.0 Å². The Morgan fingerprint density at radius 2 is 2.25 bits per heavy atom. The van der Waals surface area contributed by atoms with Crippen LogP contribution >= 0.6 is 0 Å². The summed E-state index contributed by atoms with van der Waals surface area (Å²) in [6.45, 7) is 7.79. The Morgan fingerprint density at radius 3 is 2.81 bits per heavy atom. The number of nitrogens with zero attached hydrogens (tertiary/aromatic N) is 1. The normalized spacial score (nSPS) is 17.6. The molecule has 1 aromatic rings. The zero-order valence-electron chi connectivity index (χ0n) is 10.1. The molecule has 0 saturated heterocycles. The van der Waals surface area contributed by atoms with Gasteiger partial charge in [-0.05, 0) is 31.9 Å². The van der Waals surface area contributed by atoms with E-state index in [1.807, 2.05) is 0 Å². The van der Waals surface area contributed by atoms with Crippen molar-refractivity contribution >= 4 is 0 Å². The van der Waals surface area contributed by atoms with Crippen molar-refractivity contribution in [2.75, 3.05) is 13.1 Å². The van der Waals surface area contributed by atoms with Gasteiger partial charge >= 0.3 is 0 Å². The van der Waals surface area contributed by atoms with Crippen LogP contribution in [0.3, 0.4) is 0 Å². The molecule has 0 unspecified atom stereocenters. The van der Waals surface area contributed by atoms with Crippen LogP contribution in [0, 0.1) is 6.92 Å². The van der Waals surface area contributed by atoms with Crippen LogP contribution in [0.4, 0.5) is 0 Å². The topological polar surface area (TPSA) is 42.4 Å². The molecule has 1 aliphatic heterocycles. The lowest BCUT2D eigenvalue weighted by atomic mass is 10.1. The van der Waals surface area contributed by atoms with Crippen molar-refractivity contribution in [2.45, 2.75) is 33.4 Å². The summed E-state index contributed by atoms with van der Waals surface area (Å²) in [4.78, 5) is 2.39. The molecule has 0 atom stereocenters. The van der Waals surface area contributed by atoms with Gasteiger partial charge in [0.1, 0.15) is 11.5 Å². The minimum absolute atomic E-state index is 0.491. The fourth-order valence-electron chi connectivity index (χ4n) is 2.05. The molecule has 88 valence electrons. The second-order valence-electron chi connectivity index (χ2n) is 4.56. The van der Waals surface area contributed by atoms with E-state index in [4.69, 9.17) is 10.2 Å². The molecule has 1 aliphatic rings. The van der Waals surface area contributed by atoms with Gasteiger partial charge in [-0.3, -0.25) is 4.90 Å². The number of nitrogens with two attached hydrogens (primary N) is 1. The second-order valence-corrected chi connectivity index (χ2v) is 4.56. The molecule has 0 aromatic carbocycles. The lowest BCUT2D eigenvalue weighted by Crippen LogP contribution is -2.27. The predicted molar refractivity (Wildman–Crippen MR) is 65.0 cm³/mol. The standard InChI is InChI=1S/C13H20N2O/c1-10-3-5-15(6-4-10)9-12-7-11(2)13(8-14)16-12/h3,7H,4-6,8-9,14H2,1-2H3. The fraction of sp³-hybridized carbons (Fsp3) is 0.538. The van der Waals surface area contributed by atoms with Gasteiger partial charge in [0.15, 0.2) is 0 Å². The first-order chi connectivity index (χ1) is 7.69. The molecule has 0 radical (unpaired) electrons. The number of furan rings is 1. The van der Waals surface area contributed by atoms with Crippen molar-refractivity contribution < 1.29 is 4.42 Å². The van der Waals surface area contributed by atoms with Crippen LogP contribution in [-0.2, 0) is 13.1 Å². The van der Waals surface area contributed by atoms with E-state index in [0.29, 0.717) is 6.54 Å². The highest BCUT2D eigenvalue weighted by atomic mass is 16.3. The number of hydrogen-bond acceptors (Lipinski definition) is 3. The van der Waals surface area contributed by atoms with Crippen LogP contribution in [0.5, 0.6) is 0 Å². The molecule has 0 fully saturated rings. The van der Waals surface area contributed by atoms with Gasteiger partial charge in [0.05, 0.1) is 13.1 Å². The molecular formula is C13H20N2O. The van der Waals surface area contributed by atoms with Gasteiger partial charge in [-0.2, -0.15) is 0 Å². The summed E-state index contributed by atoms with van der Waals surface area (Å²) in [6, 6.07) is 2.10. The maximum atomic E-state index is 5.71. The van der Waals surface area contributed by atoms with Crippen molar-refractivity contribution in [1.29, 1.82) is 0 Å². The molecule has 0 spiro atoms. The molecule has 2 heterocycles. The van der Waals surface area contributed by atoms with Gasteiger partial charge in [0, 0.05) is 13.1 Å². The van der Waals surface area contributed by atoms with Crippen LogP contribution in [0.2, 0.25) is 0 Å². The average Bonchev–Trinajstić information content (AvgIpc) is 2.62. The molecule has 16 heavy (non-hydrogen) atoms. The zero-order valence-corrected chi connectivity index (χ0v) is 10.1. The number of aryl methyl sites for hydroxylation is 1. The van der Waals surface area contributed by atoms with Crippen molar-refractivity contribution in [3.8, 4) is 0 Å². The highest BCUT2D eigenvalue weighted by Crippen LogP contribution is 2.18. The third kappa shape index (κ3) is 2.54. The smallest absolute Gasteiger partial charge is 0.120 e. The molecule has 0 saturated carbocycles. The van der Waals surface area contributed by atoms with Gasteiger partial charge in [0.25, 0.3) is 0 Å². The molecular weight excluding hydrogens is 200 g/mol. The summed E-state index contributed by atoms with van der Waals surface area (Å²) in [5.74, 6) is 1.95. The maximum absolute atomic E-state index is 5.71. The van der Waals surface area contributed by atoms with Crippen molar-refractivity contribution in [2.24, 2.45) is 5.73 Å². The van der Waals surface area contributed by atoms with Crippen LogP contribution in [0.15, 0.2) is 22.1 Å². The summed E-state index contributed by atoms with van der Waals surface area (Å²) in [6.07, 6.45) is 3.46. The number of rotatable bonds is 3. The zero-order chi connectivity index (χ0) is 11.5. The van der Waals surface area contributed by atoms with Crippen LogP contribution in [0.25, 0.3) is 0 Å². The molecule has 2 N–H and O–H groups in total. The average molecular weight is 220 g/mol. The van der Waals surface area contributed by atoms with Crippen molar-refractivity contribution in [3.63, 3.8) is 0 Å². The highest BCUT2D eigenvalue weighted by Gasteiger charge is 2.13. The van der Waals surface area contributed by atoms with Crippen molar-refractivity contribution in [1.82, 2.24) is 4.90 Å². The monoisotopic (exact) mass is 220 g/mol. The van der Waals surface area contributed by atoms with Gasteiger partial charge in [-0.1, -0.05) is 11.6 Å². The Labute approximate surface area is 96.9 Å². The molecule has 0 bridgehead atoms. The Bertz CT molecular complexity index is 393. The Kier molecular flexibility index (Phi) is 3.46. The Hall–Kier alpha value is -1.06. The fourth-order valence-corrected chi connectivity index (χ4v) is 2.05. The second kappa shape index (κ2) is 4.85. The quantitative estimate of drug-likeness (QED) is 0.794. The summed E-state index contributed by atoms with van der Waals surface area (Å²) >= 11 is 0. The van der Waals surface area contributed by atoms with Crippen molar-refractivity contribution in [3.05, 3.63) is 34.8 Å². The molecule has 2 rings (SSSR count). The van der Waals surface area contributed by atoms with Gasteiger partial charge < -0.3 is 10.2 Å². The van der Waals surface area contributed by atoms with Gasteiger partial charge in [-0.25, -0.2) is 0 Å². The van der Waals surface area contributed by atoms with E-state index in [0.717, 1.165) is 31.2 Å². The van der Waals surface area contributed by atoms with E-state index in [2.05, 4.69) is 30.9 Å². The van der Waals surface area contributed by atoms with Gasteiger partial charge in [0.2, 0.25) is 0 Å². The first-order valence-electron chi connectivity index (χ1n) is 5.85. The third-order valence-electron chi connectivity index (χ3n) is 3.16. The molecule has 0 aliphatic carbocycles. The van der Waals surface area contributed by atoms with E-state index in [-0.39, 0.29) is 0 Å². The van der Waals surface area contributed by atoms with E-state index in [1.54, 1.807) is 0 Å². The SMILES string of the molecule is CC1=CCN(Cc2cc(C)c(CN)o2)CC1. The molecule has 3 nitrogen and oxygen atoms in total. The first kappa shape index (κ1) is 11.4. The Morgan fingerprint density at radius 1 is 1.44 bits per heavy atom. The lowest BCUT2D eigenvalue weighted by Gasteiger charge is -2.23. The largest absolute Gasteiger partial charge is 0.463 e. The van der Waals surface area contributed by atoms with E-state index < -0.39 is 0 Å². The third-order valence-corrected chi connectivity index (χ3v) is 3.16. The van der Waals surface area contributed by atoms with E-state index >= 15 is 0 Å². The van der Waals surface area contributed by atoms with E-state index in [1.165, 1.54) is 17.6 Å². The predicted octanol–water partition coefficient (Wildman–Crippen LogP) is 2.20. The summed E-state index contributed by atoms with van der Waals surface area (Å²) in [7, 11) is 0. The van der Waals surface area contributed by atoms with Crippen LogP contribution < -0.4 is 5.73 Å². The molecule has 1 aromatic heterocycles. The lowest BCUT2D eigenvalue weighted by molar-refractivity contribution is 0.258. The van der Waals surface area contributed by atoms with Crippen LogP contribution in [0.1, 0.15) is 30.4 Å². The molecule has 0 amide bonds. The highest BCUT2D eigenvalue weighted by molar-refractivity contribution is 5.20. The minimum Gasteiger partial charge on any atom is -0.463 e. The summed E-state index contributed by atoms with van der Waals surface area (Å²) in [5, 5.41) is 0. The summed E-state index contributed by atoms with van der Waals surface area (Å²) in [5.41, 5.74) is 8.26. The van der Waals surface area contributed by atoms with E-state index in [9.17, 15) is 0 Å². The number of hydrogen-bond donors (Lipinski definition) is 1. The Balaban J connectivity index is 1.99. The summed E-state index contributed by atoms with van der Waals surface area (Å²) < 4.78 is 5.71.